The maximum atomic E-state index is 15.1. The molecule has 0 spiro atoms. The van der Waals surface area contributed by atoms with Crippen molar-refractivity contribution in [2.75, 3.05) is 0 Å². The van der Waals surface area contributed by atoms with Crippen LogP contribution in [0.1, 0.15) is 0 Å². The van der Waals surface area contributed by atoms with Gasteiger partial charge in [0.1, 0.15) is 5.44 Å². The average molecular weight is 633 g/mol. The first-order valence-electron chi connectivity index (χ1n) is 16.1. The molecule has 0 saturated heterocycles. The van der Waals surface area contributed by atoms with Crippen molar-refractivity contribution < 1.29 is 4.57 Å². The van der Waals surface area contributed by atoms with E-state index in [9.17, 15) is 0 Å². The van der Waals surface area contributed by atoms with E-state index in [1.54, 1.807) is 0 Å². The molecular formula is C44H29N2OP. The molecule has 0 aliphatic rings. The van der Waals surface area contributed by atoms with Crippen molar-refractivity contribution in [3.8, 4) is 22.5 Å². The third-order valence-electron chi connectivity index (χ3n) is 9.31. The summed E-state index contributed by atoms with van der Waals surface area (Å²) in [5, 5.41) is 9.80. The Bertz CT molecular complexity index is 2650. The highest BCUT2D eigenvalue weighted by Gasteiger charge is 2.31. The molecular weight excluding hydrogens is 603 g/mol. The number of rotatable bonds is 5. The second-order valence-corrected chi connectivity index (χ2v) is 14.8. The van der Waals surface area contributed by atoms with Crippen molar-refractivity contribution in [2.45, 2.75) is 0 Å². The highest BCUT2D eigenvalue weighted by Crippen LogP contribution is 2.44. The van der Waals surface area contributed by atoms with Crippen molar-refractivity contribution in [1.82, 2.24) is 9.97 Å². The number of aromatic nitrogens is 2. The monoisotopic (exact) mass is 632 g/mol. The minimum Gasteiger partial charge on any atom is -0.307 e. The maximum absolute atomic E-state index is 15.1. The molecule has 0 bridgehead atoms. The van der Waals surface area contributed by atoms with Gasteiger partial charge in [-0.05, 0) is 39.7 Å². The molecule has 0 amide bonds. The van der Waals surface area contributed by atoms with E-state index in [1.165, 1.54) is 26.9 Å². The van der Waals surface area contributed by atoms with Crippen LogP contribution in [0.15, 0.2) is 176 Å². The Balaban J connectivity index is 1.31. The molecule has 0 aliphatic carbocycles. The summed E-state index contributed by atoms with van der Waals surface area (Å²) in [6.07, 6.45) is 0. The number of hydrogen-bond donors (Lipinski definition) is 0. The largest absolute Gasteiger partial charge is 0.307 e. The third kappa shape index (κ3) is 4.47. The molecule has 3 nitrogen and oxygen atoms in total. The Kier molecular flexibility index (Phi) is 6.74. The first-order valence-corrected chi connectivity index (χ1v) is 17.8. The molecule has 4 heteroatoms. The van der Waals surface area contributed by atoms with Gasteiger partial charge in [0.05, 0.1) is 16.9 Å². The Hall–Kier alpha value is -5.89. The van der Waals surface area contributed by atoms with Crippen LogP contribution >= 0.6 is 7.14 Å². The van der Waals surface area contributed by atoms with E-state index in [4.69, 9.17) is 9.97 Å². The van der Waals surface area contributed by atoms with E-state index in [-0.39, 0.29) is 0 Å². The summed E-state index contributed by atoms with van der Waals surface area (Å²) < 4.78 is 15.1. The highest BCUT2D eigenvalue weighted by atomic mass is 31.2. The van der Waals surface area contributed by atoms with Crippen LogP contribution in [0, 0.1) is 0 Å². The summed E-state index contributed by atoms with van der Waals surface area (Å²) in [5.41, 5.74) is 5.16. The second kappa shape index (κ2) is 11.4. The molecule has 226 valence electrons. The Morgan fingerprint density at radius 3 is 1.56 bits per heavy atom. The first kappa shape index (κ1) is 28.3. The van der Waals surface area contributed by atoms with Crippen LogP contribution < -0.4 is 16.0 Å². The molecule has 9 rings (SSSR count). The topological polar surface area (TPSA) is 42.9 Å². The van der Waals surface area contributed by atoms with Crippen LogP contribution in [-0.4, -0.2) is 9.97 Å². The van der Waals surface area contributed by atoms with Crippen LogP contribution in [0.25, 0.3) is 65.7 Å². The van der Waals surface area contributed by atoms with E-state index in [0.29, 0.717) is 5.44 Å². The predicted molar refractivity (Wildman–Crippen MR) is 202 cm³/mol. The zero-order chi connectivity index (χ0) is 32.1. The van der Waals surface area contributed by atoms with E-state index in [2.05, 4.69) is 91.0 Å². The van der Waals surface area contributed by atoms with Crippen LogP contribution in [0.4, 0.5) is 0 Å². The Morgan fingerprint density at radius 2 is 0.938 bits per heavy atom. The zero-order valence-corrected chi connectivity index (χ0v) is 26.9. The molecule has 0 aliphatic heterocycles. The van der Waals surface area contributed by atoms with Gasteiger partial charge in [-0.25, -0.2) is 9.97 Å². The van der Waals surface area contributed by atoms with Gasteiger partial charge < -0.3 is 4.57 Å². The number of fused-ring (bicyclic) bond motifs is 8. The number of benzene rings is 7. The Labute approximate surface area is 278 Å². The molecule has 7 aromatic carbocycles. The molecule has 2 heterocycles. The van der Waals surface area contributed by atoms with Crippen molar-refractivity contribution >= 4 is 66.4 Å². The van der Waals surface area contributed by atoms with Crippen LogP contribution in [0.3, 0.4) is 0 Å². The van der Waals surface area contributed by atoms with Crippen LogP contribution in [0.2, 0.25) is 0 Å². The van der Waals surface area contributed by atoms with Gasteiger partial charge in [0.2, 0.25) is 0 Å². The van der Waals surface area contributed by atoms with E-state index < -0.39 is 7.14 Å². The first-order chi connectivity index (χ1) is 23.7. The molecule has 0 atom stereocenters. The molecule has 9 aromatic rings. The smallest absolute Gasteiger partial charge is 0.188 e. The Morgan fingerprint density at radius 1 is 0.396 bits per heavy atom. The van der Waals surface area contributed by atoms with Crippen molar-refractivity contribution in [3.05, 3.63) is 176 Å². The number of nitrogens with zero attached hydrogens (tertiary/aromatic N) is 2. The summed E-state index contributed by atoms with van der Waals surface area (Å²) in [6.45, 7) is 0. The van der Waals surface area contributed by atoms with Gasteiger partial charge in [-0.2, -0.15) is 0 Å². The number of hydrogen-bond acceptors (Lipinski definition) is 3. The van der Waals surface area contributed by atoms with Crippen LogP contribution in [-0.2, 0) is 4.57 Å². The summed E-state index contributed by atoms with van der Waals surface area (Å²) in [4.78, 5) is 10.5. The number of pyridine rings is 2. The molecule has 0 saturated carbocycles. The van der Waals surface area contributed by atoms with Crippen molar-refractivity contribution in [1.29, 1.82) is 0 Å². The average Bonchev–Trinajstić information content (AvgIpc) is 3.18. The van der Waals surface area contributed by atoms with Gasteiger partial charge >= 0.3 is 0 Å². The highest BCUT2D eigenvalue weighted by molar-refractivity contribution is 7.85. The quantitative estimate of drug-likeness (QED) is 0.140. The predicted octanol–water partition coefficient (Wildman–Crippen LogP) is 10.1. The fraction of sp³-hybridized carbons (Fsp3) is 0. The molecule has 0 N–H and O–H groups in total. The van der Waals surface area contributed by atoms with Crippen LogP contribution in [0.5, 0.6) is 0 Å². The van der Waals surface area contributed by atoms with Crippen molar-refractivity contribution in [3.63, 3.8) is 0 Å². The second-order valence-electron chi connectivity index (χ2n) is 12.1. The molecule has 2 aromatic heterocycles. The van der Waals surface area contributed by atoms with E-state index in [1.807, 2.05) is 84.9 Å². The SMILES string of the molecule is O=P(c1ccccc1)(c1ccccc1)c1cccc(-c2ccc3c(c2)nc(-c2ccccc2)c2c4ccccc4c4ccccc4c32)n1. The lowest BCUT2D eigenvalue weighted by molar-refractivity contribution is 0.592. The third-order valence-corrected chi connectivity index (χ3v) is 12.3. The standard InChI is InChI=1S/C44H29N2OP/c47-48(32-17-6-2-7-18-32,33-19-8-3-9-20-33)41-26-14-25-39(45-41)31-27-28-38-40(29-31)46-44(30-15-4-1-5-16-30)43-37-24-13-11-22-35(37)34-21-10-12-23-36(34)42(38)43/h1-29H. The van der Waals surface area contributed by atoms with Gasteiger partial charge in [-0.15, -0.1) is 0 Å². The van der Waals surface area contributed by atoms with E-state index in [0.717, 1.165) is 49.4 Å². The summed E-state index contributed by atoms with van der Waals surface area (Å²) in [5.74, 6) is 0. The molecule has 0 unspecified atom stereocenters. The normalized spacial score (nSPS) is 11.8. The fourth-order valence-electron chi connectivity index (χ4n) is 7.09. The van der Waals surface area contributed by atoms with Gasteiger partial charge in [-0.3, -0.25) is 0 Å². The lowest BCUT2D eigenvalue weighted by atomic mass is 9.89. The van der Waals surface area contributed by atoms with Gasteiger partial charge in [0, 0.05) is 37.9 Å². The summed E-state index contributed by atoms with van der Waals surface area (Å²) >= 11 is 0. The maximum Gasteiger partial charge on any atom is 0.188 e. The van der Waals surface area contributed by atoms with Gasteiger partial charge in [0.15, 0.2) is 7.14 Å². The molecule has 48 heavy (non-hydrogen) atoms. The minimum absolute atomic E-state index is 0.561. The zero-order valence-electron chi connectivity index (χ0n) is 26.0. The fourth-order valence-corrected chi connectivity index (χ4v) is 9.65. The van der Waals surface area contributed by atoms with E-state index >= 15 is 4.57 Å². The van der Waals surface area contributed by atoms with Gasteiger partial charge in [-0.1, -0.05) is 158 Å². The minimum atomic E-state index is -3.23. The molecule has 0 fully saturated rings. The van der Waals surface area contributed by atoms with Gasteiger partial charge in [0.25, 0.3) is 0 Å². The summed E-state index contributed by atoms with van der Waals surface area (Å²) in [7, 11) is -3.23. The lowest BCUT2D eigenvalue weighted by Crippen LogP contribution is -2.27. The lowest BCUT2D eigenvalue weighted by Gasteiger charge is -2.20. The summed E-state index contributed by atoms with van der Waals surface area (Å²) in [6, 6.07) is 59.4. The molecule has 0 radical (unpaired) electrons. The van der Waals surface area contributed by atoms with Crippen molar-refractivity contribution in [2.24, 2.45) is 0 Å².